The molecule has 1 saturated heterocycles. The van der Waals surface area contributed by atoms with Crippen LogP contribution in [0.25, 0.3) is 0 Å². The number of halogens is 1. The summed E-state index contributed by atoms with van der Waals surface area (Å²) in [6.45, 7) is 2.14. The largest absolute Gasteiger partial charge is 0.353 e. The summed E-state index contributed by atoms with van der Waals surface area (Å²) in [5, 5.41) is 11.0. The molecule has 0 bridgehead atoms. The van der Waals surface area contributed by atoms with Gasteiger partial charge in [0, 0.05) is 32.9 Å². The molecule has 0 spiro atoms. The lowest BCUT2D eigenvalue weighted by molar-refractivity contribution is 0.182. The molecule has 2 heterocycles. The third-order valence-electron chi connectivity index (χ3n) is 4.73. The van der Waals surface area contributed by atoms with Crippen LogP contribution in [0.2, 0.25) is 0 Å². The summed E-state index contributed by atoms with van der Waals surface area (Å²) in [6.07, 6.45) is 4.23. The number of likely N-dealkylation sites (N-methyl/N-ethyl adjacent to an activating group) is 1. The van der Waals surface area contributed by atoms with Crippen LogP contribution in [0.3, 0.4) is 0 Å². The van der Waals surface area contributed by atoms with Crippen LogP contribution < -0.4 is 10.2 Å². The monoisotopic (exact) mass is 357 g/mol. The Balaban J connectivity index is 1.49. The fourth-order valence-electron chi connectivity index (χ4n) is 3.24. The van der Waals surface area contributed by atoms with E-state index in [0.717, 1.165) is 37.3 Å². The van der Waals surface area contributed by atoms with E-state index in [9.17, 15) is 9.18 Å². The second kappa shape index (κ2) is 8.60. The van der Waals surface area contributed by atoms with Crippen molar-refractivity contribution in [2.24, 2.45) is 0 Å². The van der Waals surface area contributed by atoms with Crippen LogP contribution in [-0.4, -0.2) is 53.9 Å². The van der Waals surface area contributed by atoms with Crippen LogP contribution >= 0.6 is 0 Å². The van der Waals surface area contributed by atoms with Gasteiger partial charge in [0.15, 0.2) is 5.82 Å². The molecule has 0 saturated carbocycles. The topological polar surface area (TPSA) is 61.4 Å². The van der Waals surface area contributed by atoms with Crippen molar-refractivity contribution in [2.45, 2.75) is 25.3 Å². The summed E-state index contributed by atoms with van der Waals surface area (Å²) in [5.74, 6) is 0.592. The minimum atomic E-state index is -0.253. The van der Waals surface area contributed by atoms with Crippen LogP contribution in [-0.2, 0) is 6.42 Å². The zero-order chi connectivity index (χ0) is 18.4. The lowest BCUT2D eigenvalue weighted by atomic mass is 10.0. The first-order valence-electron chi connectivity index (χ1n) is 8.91. The third-order valence-corrected chi connectivity index (χ3v) is 4.73. The number of rotatable bonds is 5. The van der Waals surface area contributed by atoms with Crippen molar-refractivity contribution in [3.8, 4) is 0 Å². The van der Waals surface area contributed by atoms with Crippen molar-refractivity contribution >= 4 is 11.8 Å². The molecule has 1 aromatic heterocycles. The molecule has 3 rings (SSSR count). The summed E-state index contributed by atoms with van der Waals surface area (Å²) >= 11 is 0. The van der Waals surface area contributed by atoms with Crippen molar-refractivity contribution < 1.29 is 9.18 Å². The van der Waals surface area contributed by atoms with E-state index >= 15 is 0 Å². The molecule has 1 aromatic carbocycles. The van der Waals surface area contributed by atoms with Gasteiger partial charge in [0.05, 0.1) is 6.04 Å². The van der Waals surface area contributed by atoms with E-state index in [0.29, 0.717) is 13.0 Å². The lowest BCUT2D eigenvalue weighted by Crippen LogP contribution is -2.51. The number of nitrogens with zero attached hydrogens (tertiary/aromatic N) is 4. The number of hydrogen-bond donors (Lipinski definition) is 1. The number of benzene rings is 1. The molecule has 1 aliphatic heterocycles. The Morgan fingerprint density at radius 1 is 1.38 bits per heavy atom. The second-order valence-corrected chi connectivity index (χ2v) is 6.55. The smallest absolute Gasteiger partial charge is 0.317 e. The van der Waals surface area contributed by atoms with Gasteiger partial charge < -0.3 is 15.1 Å². The van der Waals surface area contributed by atoms with Crippen molar-refractivity contribution in [1.82, 2.24) is 20.4 Å². The second-order valence-electron chi connectivity index (χ2n) is 6.55. The Morgan fingerprint density at radius 3 is 3.04 bits per heavy atom. The molecule has 26 heavy (non-hydrogen) atoms. The normalized spacial score (nSPS) is 17.0. The zero-order valence-corrected chi connectivity index (χ0v) is 14.9. The van der Waals surface area contributed by atoms with Gasteiger partial charge >= 0.3 is 6.03 Å². The molecule has 138 valence electrons. The molecule has 6 nitrogen and oxygen atoms in total. The molecule has 1 atom stereocenters. The maximum Gasteiger partial charge on any atom is 0.317 e. The van der Waals surface area contributed by atoms with E-state index in [-0.39, 0.29) is 17.9 Å². The Bertz CT molecular complexity index is 727. The highest BCUT2D eigenvalue weighted by Crippen LogP contribution is 2.19. The van der Waals surface area contributed by atoms with Crippen LogP contribution in [0.1, 0.15) is 18.4 Å². The zero-order valence-electron chi connectivity index (χ0n) is 14.9. The number of anilines is 1. The van der Waals surface area contributed by atoms with Crippen LogP contribution in [0, 0.1) is 5.82 Å². The van der Waals surface area contributed by atoms with E-state index in [2.05, 4.69) is 20.4 Å². The van der Waals surface area contributed by atoms with Crippen LogP contribution in [0.15, 0.2) is 42.6 Å². The van der Waals surface area contributed by atoms with Gasteiger partial charge in [-0.15, -0.1) is 5.10 Å². The average molecular weight is 357 g/mol. The number of piperidine rings is 1. The summed E-state index contributed by atoms with van der Waals surface area (Å²) in [7, 11) is 1.82. The van der Waals surface area contributed by atoms with Gasteiger partial charge in [-0.2, -0.15) is 5.10 Å². The highest BCUT2D eigenvalue weighted by molar-refractivity contribution is 5.74. The third kappa shape index (κ3) is 4.68. The van der Waals surface area contributed by atoms with Gasteiger partial charge in [-0.25, -0.2) is 9.18 Å². The molecule has 1 N–H and O–H groups in total. The Labute approximate surface area is 153 Å². The first-order chi connectivity index (χ1) is 12.6. The van der Waals surface area contributed by atoms with E-state index < -0.39 is 0 Å². The molecule has 1 unspecified atom stereocenters. The maximum absolute atomic E-state index is 13.2. The molecule has 1 aliphatic rings. The molecule has 0 radical (unpaired) electrons. The highest BCUT2D eigenvalue weighted by Gasteiger charge is 2.26. The molecule has 2 amide bonds. The SMILES string of the molecule is CN(C(=O)NCCc1cccc(F)c1)C1CCCN(c2cccnn2)C1. The number of urea groups is 1. The summed E-state index contributed by atoms with van der Waals surface area (Å²) < 4.78 is 13.2. The van der Waals surface area contributed by atoms with Gasteiger partial charge in [0.1, 0.15) is 5.82 Å². The number of amides is 2. The standard InChI is InChI=1S/C19H24FN5O/c1-24(19(26)21-11-9-15-5-2-6-16(20)13-15)17-7-4-12-25(14-17)18-8-3-10-22-23-18/h2-3,5-6,8,10,13,17H,4,7,9,11-12,14H2,1H3,(H,21,26). The van der Waals surface area contributed by atoms with E-state index in [1.165, 1.54) is 12.1 Å². The lowest BCUT2D eigenvalue weighted by Gasteiger charge is -2.37. The highest BCUT2D eigenvalue weighted by atomic mass is 19.1. The summed E-state index contributed by atoms with van der Waals surface area (Å²) in [4.78, 5) is 16.4. The van der Waals surface area contributed by atoms with E-state index in [1.54, 1.807) is 17.2 Å². The minimum Gasteiger partial charge on any atom is -0.353 e. The van der Waals surface area contributed by atoms with Crippen LogP contribution in [0.4, 0.5) is 15.0 Å². The summed E-state index contributed by atoms with van der Waals surface area (Å²) in [5.41, 5.74) is 0.874. The van der Waals surface area contributed by atoms with E-state index in [1.807, 2.05) is 25.2 Å². The fourth-order valence-corrected chi connectivity index (χ4v) is 3.24. The number of nitrogens with one attached hydrogen (secondary N) is 1. The fraction of sp³-hybridized carbons (Fsp3) is 0.421. The first kappa shape index (κ1) is 18.1. The van der Waals surface area contributed by atoms with Crippen molar-refractivity contribution in [3.63, 3.8) is 0 Å². The molecule has 2 aromatic rings. The predicted octanol–water partition coefficient (Wildman–Crippen LogP) is 2.47. The molecular formula is C19H24FN5O. The number of aromatic nitrogens is 2. The van der Waals surface area contributed by atoms with Gasteiger partial charge in [-0.3, -0.25) is 0 Å². The van der Waals surface area contributed by atoms with Crippen molar-refractivity contribution in [3.05, 3.63) is 54.0 Å². The van der Waals surface area contributed by atoms with Gasteiger partial charge in [0.25, 0.3) is 0 Å². The van der Waals surface area contributed by atoms with Gasteiger partial charge in [-0.1, -0.05) is 12.1 Å². The Morgan fingerprint density at radius 2 is 2.27 bits per heavy atom. The van der Waals surface area contributed by atoms with Crippen molar-refractivity contribution in [2.75, 3.05) is 31.6 Å². The minimum absolute atomic E-state index is 0.104. The maximum atomic E-state index is 13.2. The van der Waals surface area contributed by atoms with Crippen molar-refractivity contribution in [1.29, 1.82) is 0 Å². The van der Waals surface area contributed by atoms with E-state index in [4.69, 9.17) is 0 Å². The Kier molecular flexibility index (Phi) is 5.99. The predicted molar refractivity (Wildman–Crippen MR) is 98.5 cm³/mol. The molecule has 0 aliphatic carbocycles. The number of hydrogen-bond acceptors (Lipinski definition) is 4. The Hall–Kier alpha value is -2.70. The van der Waals surface area contributed by atoms with Crippen LogP contribution in [0.5, 0.6) is 0 Å². The van der Waals surface area contributed by atoms with Gasteiger partial charge in [-0.05, 0) is 49.1 Å². The first-order valence-corrected chi connectivity index (χ1v) is 8.91. The number of carbonyl (C=O) groups excluding carboxylic acids is 1. The summed E-state index contributed by atoms with van der Waals surface area (Å²) in [6, 6.07) is 10.3. The quantitative estimate of drug-likeness (QED) is 0.893. The average Bonchev–Trinajstić information content (AvgIpc) is 2.68. The molecular weight excluding hydrogens is 333 g/mol. The number of carbonyl (C=O) groups is 1. The molecule has 7 heteroatoms. The van der Waals surface area contributed by atoms with Gasteiger partial charge in [0.2, 0.25) is 0 Å². The molecule has 1 fully saturated rings.